The van der Waals surface area contributed by atoms with Crippen molar-refractivity contribution in [1.29, 1.82) is 0 Å². The van der Waals surface area contributed by atoms with E-state index in [9.17, 15) is 14.4 Å². The van der Waals surface area contributed by atoms with Gasteiger partial charge in [0, 0.05) is 25.7 Å². The normalized spacial score (nSPS) is 10.8. The third-order valence-corrected chi connectivity index (χ3v) is 5.42. The summed E-state index contributed by atoms with van der Waals surface area (Å²) in [7, 11) is 1.63. The van der Waals surface area contributed by atoms with E-state index >= 15 is 0 Å². The van der Waals surface area contributed by atoms with Crippen LogP contribution >= 0.6 is 11.3 Å². The predicted octanol–water partition coefficient (Wildman–Crippen LogP) is 1.98. The molecule has 7 nitrogen and oxygen atoms in total. The van der Waals surface area contributed by atoms with Crippen LogP contribution in [0.2, 0.25) is 0 Å². The van der Waals surface area contributed by atoms with Crippen molar-refractivity contribution < 1.29 is 9.59 Å². The Morgan fingerprint density at radius 2 is 1.85 bits per heavy atom. The van der Waals surface area contributed by atoms with E-state index in [1.54, 1.807) is 38.2 Å². The number of nitrogens with zero attached hydrogens (tertiary/aromatic N) is 2. The molecule has 0 atom stereocenters. The maximum atomic E-state index is 12.6. The molecule has 0 aliphatic rings. The van der Waals surface area contributed by atoms with E-state index < -0.39 is 0 Å². The molecule has 8 heteroatoms. The third kappa shape index (κ3) is 3.75. The fourth-order valence-corrected chi connectivity index (χ4v) is 3.78. The summed E-state index contributed by atoms with van der Waals surface area (Å²) in [5.74, 6) is -0.367. The van der Waals surface area contributed by atoms with Gasteiger partial charge in [-0.05, 0) is 37.1 Å². The first-order valence-corrected chi connectivity index (χ1v) is 9.34. The lowest BCUT2D eigenvalue weighted by Crippen LogP contribution is -2.24. The molecule has 3 rings (SSSR count). The molecule has 140 valence electrons. The molecule has 3 aromatic rings. The third-order valence-electron chi connectivity index (χ3n) is 4.22. The molecule has 0 saturated carbocycles. The highest BCUT2D eigenvalue weighted by atomic mass is 32.1. The summed E-state index contributed by atoms with van der Waals surface area (Å²) in [6, 6.07) is 7.06. The van der Waals surface area contributed by atoms with Gasteiger partial charge in [-0.15, -0.1) is 11.3 Å². The van der Waals surface area contributed by atoms with Gasteiger partial charge in [0.25, 0.3) is 17.4 Å². The zero-order valence-corrected chi connectivity index (χ0v) is 16.1. The van der Waals surface area contributed by atoms with Crippen molar-refractivity contribution in [2.24, 2.45) is 7.05 Å². The molecule has 2 heterocycles. The number of hydrogen-bond acceptors (Lipinski definition) is 5. The molecule has 27 heavy (non-hydrogen) atoms. The Morgan fingerprint density at radius 3 is 2.52 bits per heavy atom. The molecule has 0 spiro atoms. The molecule has 0 unspecified atom stereocenters. The predicted molar refractivity (Wildman–Crippen MR) is 105 cm³/mol. The molecular weight excluding hydrogens is 364 g/mol. The highest BCUT2D eigenvalue weighted by molar-refractivity contribution is 7.20. The van der Waals surface area contributed by atoms with Crippen LogP contribution in [0.15, 0.2) is 35.4 Å². The molecule has 0 aliphatic heterocycles. The minimum atomic E-state index is -0.245. The molecule has 2 aromatic heterocycles. The molecule has 0 fully saturated rings. The molecule has 0 radical (unpaired) electrons. The van der Waals surface area contributed by atoms with E-state index in [1.165, 1.54) is 22.2 Å². The van der Waals surface area contributed by atoms with Crippen molar-refractivity contribution in [3.05, 3.63) is 62.5 Å². The number of thiophene rings is 1. The van der Waals surface area contributed by atoms with Gasteiger partial charge < -0.3 is 15.2 Å². The van der Waals surface area contributed by atoms with Gasteiger partial charge in [-0.3, -0.25) is 14.4 Å². The Labute approximate surface area is 160 Å². The second kappa shape index (κ2) is 7.71. The van der Waals surface area contributed by atoms with E-state index in [4.69, 9.17) is 0 Å². The van der Waals surface area contributed by atoms with Crippen LogP contribution in [0.5, 0.6) is 0 Å². The maximum absolute atomic E-state index is 12.6. The Hall–Kier alpha value is -3.00. The maximum Gasteiger partial charge on any atom is 0.262 e. The number of carbonyl (C=O) groups is 2. The van der Waals surface area contributed by atoms with Crippen LogP contribution in [0.4, 0.5) is 0 Å². The van der Waals surface area contributed by atoms with E-state index in [0.29, 0.717) is 39.3 Å². The summed E-state index contributed by atoms with van der Waals surface area (Å²) >= 11 is 1.21. The van der Waals surface area contributed by atoms with E-state index in [1.807, 2.05) is 6.92 Å². The number of nitrogens with one attached hydrogen (secondary N) is 2. The summed E-state index contributed by atoms with van der Waals surface area (Å²) in [6.07, 6.45) is 1.46. The van der Waals surface area contributed by atoms with Crippen molar-refractivity contribution in [2.45, 2.75) is 20.4 Å². The minimum absolute atomic E-state index is 0.122. The first-order valence-electron chi connectivity index (χ1n) is 8.52. The second-order valence-electron chi connectivity index (χ2n) is 6.14. The zero-order valence-electron chi connectivity index (χ0n) is 15.3. The van der Waals surface area contributed by atoms with Crippen LogP contribution in [0.25, 0.3) is 10.2 Å². The molecule has 0 saturated heterocycles. The first-order chi connectivity index (χ1) is 12.9. The Balaban J connectivity index is 1.74. The minimum Gasteiger partial charge on any atom is -0.352 e. The fraction of sp³-hybridized carbons (Fsp3) is 0.263. The van der Waals surface area contributed by atoms with E-state index in [2.05, 4.69) is 15.6 Å². The number of rotatable bonds is 5. The highest BCUT2D eigenvalue weighted by Gasteiger charge is 2.18. The van der Waals surface area contributed by atoms with Gasteiger partial charge in [-0.25, -0.2) is 4.98 Å². The molecule has 0 bridgehead atoms. The number of amides is 2. The van der Waals surface area contributed by atoms with Crippen molar-refractivity contribution >= 4 is 33.4 Å². The van der Waals surface area contributed by atoms with Crippen molar-refractivity contribution in [3.8, 4) is 0 Å². The summed E-state index contributed by atoms with van der Waals surface area (Å²) in [5.41, 5.74) is 1.94. The molecule has 2 amide bonds. The largest absolute Gasteiger partial charge is 0.352 e. The smallest absolute Gasteiger partial charge is 0.262 e. The molecular formula is C19H20N4O3S. The van der Waals surface area contributed by atoms with Gasteiger partial charge in [0.05, 0.1) is 16.6 Å². The number of fused-ring (bicyclic) bond motifs is 1. The molecule has 2 N–H and O–H groups in total. The summed E-state index contributed by atoms with van der Waals surface area (Å²) in [5, 5.41) is 6.09. The number of aryl methyl sites for hydroxylation is 2. The number of aromatic nitrogens is 2. The SMILES string of the molecule is CCNC(=O)c1ccc(CNC(=O)c2sc3ncn(C)c(=O)c3c2C)cc1. The fourth-order valence-electron chi connectivity index (χ4n) is 2.72. The standard InChI is InChI=1S/C19H20N4O3S/c1-4-20-16(24)13-7-5-12(6-8-13)9-21-17(25)15-11(2)14-18(27-15)22-10-23(3)19(14)26/h5-8,10H,4,9H2,1-3H3,(H,20,24)(H,21,25). The lowest BCUT2D eigenvalue weighted by atomic mass is 10.1. The van der Waals surface area contributed by atoms with Crippen molar-refractivity contribution in [2.75, 3.05) is 6.54 Å². The lowest BCUT2D eigenvalue weighted by molar-refractivity contribution is 0.0945. The van der Waals surface area contributed by atoms with Crippen LogP contribution in [0.1, 0.15) is 38.1 Å². The van der Waals surface area contributed by atoms with E-state index in [-0.39, 0.29) is 17.4 Å². The van der Waals surface area contributed by atoms with Gasteiger partial charge in [-0.2, -0.15) is 0 Å². The summed E-state index contributed by atoms with van der Waals surface area (Å²) < 4.78 is 1.40. The van der Waals surface area contributed by atoms with Crippen LogP contribution < -0.4 is 16.2 Å². The van der Waals surface area contributed by atoms with Crippen molar-refractivity contribution in [3.63, 3.8) is 0 Å². The number of carbonyl (C=O) groups excluding carboxylic acids is 2. The van der Waals surface area contributed by atoms with E-state index in [0.717, 1.165) is 5.56 Å². The quantitative estimate of drug-likeness (QED) is 0.703. The van der Waals surface area contributed by atoms with Gasteiger partial charge in [0.2, 0.25) is 0 Å². The topological polar surface area (TPSA) is 93.1 Å². The zero-order chi connectivity index (χ0) is 19.6. The van der Waals surface area contributed by atoms with Gasteiger partial charge >= 0.3 is 0 Å². The van der Waals surface area contributed by atoms with Crippen LogP contribution in [-0.4, -0.2) is 27.9 Å². The van der Waals surface area contributed by atoms with Crippen molar-refractivity contribution in [1.82, 2.24) is 20.2 Å². The first kappa shape index (κ1) is 18.8. The molecule has 1 aromatic carbocycles. The van der Waals surface area contributed by atoms with Gasteiger partial charge in [0.1, 0.15) is 4.83 Å². The lowest BCUT2D eigenvalue weighted by Gasteiger charge is -2.06. The summed E-state index contributed by atoms with van der Waals surface area (Å²) in [6.45, 7) is 4.53. The number of benzene rings is 1. The van der Waals surface area contributed by atoms with Gasteiger partial charge in [-0.1, -0.05) is 12.1 Å². The number of hydrogen-bond donors (Lipinski definition) is 2. The molecule has 0 aliphatic carbocycles. The van der Waals surface area contributed by atoms with Crippen LogP contribution in [-0.2, 0) is 13.6 Å². The Morgan fingerprint density at radius 1 is 1.15 bits per heavy atom. The monoisotopic (exact) mass is 384 g/mol. The Bertz CT molecular complexity index is 1070. The average Bonchev–Trinajstić information content (AvgIpc) is 3.00. The Kier molecular flexibility index (Phi) is 5.36. The summed E-state index contributed by atoms with van der Waals surface area (Å²) in [4.78, 5) is 41.9. The second-order valence-corrected chi connectivity index (χ2v) is 7.14. The van der Waals surface area contributed by atoms with Gasteiger partial charge in [0.15, 0.2) is 0 Å². The van der Waals surface area contributed by atoms with Crippen LogP contribution in [0.3, 0.4) is 0 Å². The average molecular weight is 384 g/mol. The van der Waals surface area contributed by atoms with Crippen LogP contribution in [0, 0.1) is 6.92 Å². The highest BCUT2D eigenvalue weighted by Crippen LogP contribution is 2.26.